The summed E-state index contributed by atoms with van der Waals surface area (Å²) in [6, 6.07) is 0. The van der Waals surface area contributed by atoms with Crippen molar-refractivity contribution in [2.45, 2.75) is 58.3 Å². The van der Waals surface area contributed by atoms with Crippen molar-refractivity contribution < 1.29 is 14.7 Å². The first-order valence-electron chi connectivity index (χ1n) is 8.10. The molecule has 4 heteroatoms. The van der Waals surface area contributed by atoms with Crippen LogP contribution < -0.4 is 5.32 Å². The Morgan fingerprint density at radius 3 is 2.25 bits per heavy atom. The van der Waals surface area contributed by atoms with Crippen LogP contribution in [0.4, 0.5) is 0 Å². The van der Waals surface area contributed by atoms with Gasteiger partial charge in [0.05, 0.1) is 11.8 Å². The molecule has 4 nitrogen and oxygen atoms in total. The molecule has 2 saturated carbocycles. The van der Waals surface area contributed by atoms with E-state index in [1.807, 2.05) is 0 Å². The smallest absolute Gasteiger partial charge is 0.307 e. The van der Waals surface area contributed by atoms with Crippen LogP contribution in [0.25, 0.3) is 0 Å². The third-order valence-electron chi connectivity index (χ3n) is 5.25. The highest BCUT2D eigenvalue weighted by atomic mass is 16.4. The maximum Gasteiger partial charge on any atom is 0.307 e. The second kappa shape index (κ2) is 7.09. The van der Waals surface area contributed by atoms with E-state index in [4.69, 9.17) is 0 Å². The quantitative estimate of drug-likeness (QED) is 0.832. The van der Waals surface area contributed by atoms with E-state index < -0.39 is 11.9 Å². The molecule has 0 radical (unpaired) electrons. The van der Waals surface area contributed by atoms with E-state index in [0.29, 0.717) is 18.3 Å². The van der Waals surface area contributed by atoms with Gasteiger partial charge in [-0.05, 0) is 31.1 Å². The summed E-state index contributed by atoms with van der Waals surface area (Å²) in [5.74, 6) is -0.399. The standard InChI is InChI=1S/C16H27NO3/c1-11-6-2-3-7-12(11)10-17-15(18)13-8-4-5-9-14(13)16(19)20/h11-14H,2-10H2,1H3,(H,17,18)(H,19,20). The fourth-order valence-corrected chi connectivity index (χ4v) is 3.80. The third-order valence-corrected chi connectivity index (χ3v) is 5.25. The van der Waals surface area contributed by atoms with Crippen LogP contribution in [0.3, 0.4) is 0 Å². The van der Waals surface area contributed by atoms with Crippen molar-refractivity contribution in [1.82, 2.24) is 5.32 Å². The Morgan fingerprint density at radius 2 is 1.60 bits per heavy atom. The molecule has 0 aliphatic heterocycles. The van der Waals surface area contributed by atoms with Gasteiger partial charge in [-0.15, -0.1) is 0 Å². The van der Waals surface area contributed by atoms with Gasteiger partial charge in [-0.2, -0.15) is 0 Å². The predicted octanol–water partition coefficient (Wildman–Crippen LogP) is 2.82. The van der Waals surface area contributed by atoms with Gasteiger partial charge in [0, 0.05) is 6.54 Å². The van der Waals surface area contributed by atoms with Gasteiger partial charge < -0.3 is 10.4 Å². The fraction of sp³-hybridized carbons (Fsp3) is 0.875. The summed E-state index contributed by atoms with van der Waals surface area (Å²) in [7, 11) is 0. The molecule has 2 rings (SSSR count). The van der Waals surface area contributed by atoms with Crippen molar-refractivity contribution >= 4 is 11.9 Å². The first kappa shape index (κ1) is 15.3. The normalized spacial score (nSPS) is 34.5. The number of amides is 1. The minimum absolute atomic E-state index is 0.0325. The molecule has 2 aliphatic rings. The van der Waals surface area contributed by atoms with Crippen molar-refractivity contribution in [3.63, 3.8) is 0 Å². The number of rotatable bonds is 4. The Morgan fingerprint density at radius 1 is 1.00 bits per heavy atom. The lowest BCUT2D eigenvalue weighted by molar-refractivity contribution is -0.149. The molecule has 2 aliphatic carbocycles. The number of carbonyl (C=O) groups excluding carboxylic acids is 1. The lowest BCUT2D eigenvalue weighted by Gasteiger charge is -2.31. The van der Waals surface area contributed by atoms with E-state index in [2.05, 4.69) is 12.2 Å². The SMILES string of the molecule is CC1CCCCC1CNC(=O)C1CCCCC1C(=O)O. The van der Waals surface area contributed by atoms with E-state index in [0.717, 1.165) is 25.8 Å². The maximum absolute atomic E-state index is 12.3. The topological polar surface area (TPSA) is 66.4 Å². The minimum atomic E-state index is -0.809. The van der Waals surface area contributed by atoms with Crippen molar-refractivity contribution in [1.29, 1.82) is 0 Å². The summed E-state index contributed by atoms with van der Waals surface area (Å²) < 4.78 is 0. The van der Waals surface area contributed by atoms with E-state index in [9.17, 15) is 14.7 Å². The number of aliphatic carboxylic acids is 1. The van der Waals surface area contributed by atoms with Crippen LogP contribution in [0.1, 0.15) is 58.3 Å². The fourth-order valence-electron chi connectivity index (χ4n) is 3.80. The average Bonchev–Trinajstić information content (AvgIpc) is 2.46. The van der Waals surface area contributed by atoms with Crippen molar-refractivity contribution in [3.05, 3.63) is 0 Å². The van der Waals surface area contributed by atoms with Crippen LogP contribution >= 0.6 is 0 Å². The van der Waals surface area contributed by atoms with Crippen molar-refractivity contribution in [2.24, 2.45) is 23.7 Å². The number of hydrogen-bond acceptors (Lipinski definition) is 2. The molecule has 4 atom stereocenters. The number of hydrogen-bond donors (Lipinski definition) is 2. The van der Waals surface area contributed by atoms with Gasteiger partial charge in [0.25, 0.3) is 0 Å². The summed E-state index contributed by atoms with van der Waals surface area (Å²) in [4.78, 5) is 23.5. The maximum atomic E-state index is 12.3. The summed E-state index contributed by atoms with van der Waals surface area (Å²) in [6.07, 6.45) is 8.27. The van der Waals surface area contributed by atoms with Gasteiger partial charge in [-0.1, -0.05) is 39.0 Å². The molecule has 0 aromatic carbocycles. The molecule has 1 amide bonds. The van der Waals surface area contributed by atoms with Gasteiger partial charge in [0.1, 0.15) is 0 Å². The Balaban J connectivity index is 1.85. The lowest BCUT2D eigenvalue weighted by atomic mass is 9.78. The first-order valence-corrected chi connectivity index (χ1v) is 8.10. The molecule has 0 spiro atoms. The van der Waals surface area contributed by atoms with Crippen LogP contribution in [-0.2, 0) is 9.59 Å². The first-order chi connectivity index (χ1) is 9.59. The molecule has 2 fully saturated rings. The molecule has 0 heterocycles. The number of carboxylic acid groups (broad SMARTS) is 1. The van der Waals surface area contributed by atoms with Crippen molar-refractivity contribution in [3.8, 4) is 0 Å². The number of carbonyl (C=O) groups is 2. The Bertz CT molecular complexity index is 356. The van der Waals surface area contributed by atoms with Crippen LogP contribution in [0.2, 0.25) is 0 Å². The van der Waals surface area contributed by atoms with E-state index in [1.54, 1.807) is 0 Å². The zero-order chi connectivity index (χ0) is 14.5. The highest BCUT2D eigenvalue weighted by Gasteiger charge is 2.35. The summed E-state index contributed by atoms with van der Waals surface area (Å²) in [5, 5.41) is 12.3. The Labute approximate surface area is 121 Å². The second-order valence-corrected chi connectivity index (χ2v) is 6.60. The zero-order valence-electron chi connectivity index (χ0n) is 12.4. The summed E-state index contributed by atoms with van der Waals surface area (Å²) in [5.41, 5.74) is 0. The Kier molecular flexibility index (Phi) is 5.44. The van der Waals surface area contributed by atoms with Gasteiger partial charge in [-0.3, -0.25) is 9.59 Å². The van der Waals surface area contributed by atoms with Gasteiger partial charge >= 0.3 is 5.97 Å². The molecular weight excluding hydrogens is 254 g/mol. The molecule has 4 unspecified atom stereocenters. The van der Waals surface area contributed by atoms with Crippen LogP contribution in [0.15, 0.2) is 0 Å². The number of carboxylic acids is 1. The van der Waals surface area contributed by atoms with Crippen LogP contribution in [-0.4, -0.2) is 23.5 Å². The molecule has 0 aromatic rings. The molecule has 0 bridgehead atoms. The van der Waals surface area contributed by atoms with Crippen LogP contribution in [0.5, 0.6) is 0 Å². The highest BCUT2D eigenvalue weighted by Crippen LogP contribution is 2.31. The molecule has 114 valence electrons. The highest BCUT2D eigenvalue weighted by molar-refractivity contribution is 5.84. The lowest BCUT2D eigenvalue weighted by Crippen LogP contribution is -2.42. The van der Waals surface area contributed by atoms with Gasteiger partial charge in [0.15, 0.2) is 0 Å². The molecule has 0 aromatic heterocycles. The molecular formula is C16H27NO3. The molecule has 20 heavy (non-hydrogen) atoms. The monoisotopic (exact) mass is 281 g/mol. The van der Waals surface area contributed by atoms with E-state index in [-0.39, 0.29) is 11.8 Å². The third kappa shape index (κ3) is 3.74. The summed E-state index contributed by atoms with van der Waals surface area (Å²) in [6.45, 7) is 2.99. The average molecular weight is 281 g/mol. The van der Waals surface area contributed by atoms with Gasteiger partial charge in [0.2, 0.25) is 5.91 Å². The second-order valence-electron chi connectivity index (χ2n) is 6.60. The van der Waals surface area contributed by atoms with E-state index >= 15 is 0 Å². The summed E-state index contributed by atoms with van der Waals surface area (Å²) >= 11 is 0. The van der Waals surface area contributed by atoms with Crippen LogP contribution in [0, 0.1) is 23.7 Å². The minimum Gasteiger partial charge on any atom is -0.481 e. The number of nitrogens with one attached hydrogen (secondary N) is 1. The predicted molar refractivity (Wildman–Crippen MR) is 77.2 cm³/mol. The Hall–Kier alpha value is -1.06. The molecule has 0 saturated heterocycles. The van der Waals surface area contributed by atoms with Gasteiger partial charge in [-0.25, -0.2) is 0 Å². The van der Waals surface area contributed by atoms with Crippen molar-refractivity contribution in [2.75, 3.05) is 6.54 Å². The molecule has 2 N–H and O–H groups in total. The zero-order valence-corrected chi connectivity index (χ0v) is 12.4. The van der Waals surface area contributed by atoms with E-state index in [1.165, 1.54) is 25.7 Å². The largest absolute Gasteiger partial charge is 0.481 e.